The molecule has 0 aliphatic carbocycles. The van der Waals surface area contributed by atoms with Crippen molar-refractivity contribution in [2.45, 2.75) is 37.2 Å². The summed E-state index contributed by atoms with van der Waals surface area (Å²) >= 11 is 0. The number of rotatable bonds is 6. The Kier molecular flexibility index (Phi) is 4.27. The monoisotopic (exact) mass is 326 g/mol. The van der Waals surface area contributed by atoms with Gasteiger partial charge in [-0.1, -0.05) is 6.92 Å². The molecule has 1 aliphatic rings. The third-order valence-electron chi connectivity index (χ3n) is 3.49. The van der Waals surface area contributed by atoms with Gasteiger partial charge in [-0.05, 0) is 18.9 Å². The minimum Gasteiger partial charge on any atom is -0.419 e. The van der Waals surface area contributed by atoms with Crippen LogP contribution in [0.2, 0.25) is 0 Å². The molecule has 0 bridgehead atoms. The number of ether oxygens (including phenoxy) is 1. The van der Waals surface area contributed by atoms with Gasteiger partial charge in [0, 0.05) is 25.8 Å². The summed E-state index contributed by atoms with van der Waals surface area (Å²) in [6.07, 6.45) is 3.83. The number of aromatic amines is 1. The fraction of sp³-hybridized carbons (Fsp3) is 0.538. The zero-order valence-electron chi connectivity index (χ0n) is 12.2. The molecule has 1 saturated heterocycles. The van der Waals surface area contributed by atoms with E-state index in [4.69, 9.17) is 9.15 Å². The van der Waals surface area contributed by atoms with Crippen LogP contribution >= 0.6 is 0 Å². The lowest BCUT2D eigenvalue weighted by Crippen LogP contribution is -2.31. The van der Waals surface area contributed by atoms with E-state index in [-0.39, 0.29) is 23.4 Å². The number of aromatic nitrogens is 3. The zero-order chi connectivity index (χ0) is 15.6. The van der Waals surface area contributed by atoms with Gasteiger partial charge in [-0.3, -0.25) is 0 Å². The van der Waals surface area contributed by atoms with E-state index in [9.17, 15) is 8.42 Å². The molecule has 120 valence electrons. The van der Waals surface area contributed by atoms with E-state index in [1.54, 1.807) is 0 Å². The Morgan fingerprint density at radius 3 is 3.00 bits per heavy atom. The number of H-pyrrole nitrogens is 1. The van der Waals surface area contributed by atoms with Crippen molar-refractivity contribution in [3.63, 3.8) is 0 Å². The van der Waals surface area contributed by atoms with Crippen LogP contribution in [-0.4, -0.2) is 42.9 Å². The molecule has 0 spiro atoms. The molecule has 1 aliphatic heterocycles. The smallest absolute Gasteiger partial charge is 0.264 e. The maximum Gasteiger partial charge on any atom is 0.264 e. The van der Waals surface area contributed by atoms with Crippen molar-refractivity contribution >= 4 is 10.0 Å². The van der Waals surface area contributed by atoms with Gasteiger partial charge in [0.05, 0.1) is 6.10 Å². The predicted molar refractivity (Wildman–Crippen MR) is 77.6 cm³/mol. The van der Waals surface area contributed by atoms with E-state index < -0.39 is 10.0 Å². The molecular weight excluding hydrogens is 308 g/mol. The number of aryl methyl sites for hydroxylation is 1. The van der Waals surface area contributed by atoms with Crippen LogP contribution in [0.15, 0.2) is 21.6 Å². The zero-order valence-corrected chi connectivity index (χ0v) is 13.0. The van der Waals surface area contributed by atoms with E-state index in [2.05, 4.69) is 19.9 Å². The molecule has 0 saturated carbocycles. The average Bonchev–Trinajstić information content (AvgIpc) is 3.24. The minimum atomic E-state index is -3.58. The van der Waals surface area contributed by atoms with Crippen LogP contribution in [0, 0.1) is 0 Å². The highest BCUT2D eigenvalue weighted by Crippen LogP contribution is 2.21. The average molecular weight is 326 g/mol. The van der Waals surface area contributed by atoms with Crippen LogP contribution in [0.25, 0.3) is 11.6 Å². The SMILES string of the molecule is CCc1nnc(-c2cc(S(=O)(=O)NCC3CCCO3)c[nH]2)o1. The standard InChI is InChI=1S/C13H18N4O4S/c1-2-12-16-17-13(21-12)11-6-10(8-14-11)22(18,19)15-7-9-4-3-5-20-9/h6,8-9,14-15H,2-5,7H2,1H3. The van der Waals surface area contributed by atoms with Gasteiger partial charge in [0.2, 0.25) is 15.9 Å². The van der Waals surface area contributed by atoms with Gasteiger partial charge >= 0.3 is 0 Å². The first-order valence-electron chi connectivity index (χ1n) is 7.21. The number of hydrogen-bond donors (Lipinski definition) is 2. The fourth-order valence-electron chi connectivity index (χ4n) is 2.25. The van der Waals surface area contributed by atoms with E-state index in [1.165, 1.54) is 12.3 Å². The summed E-state index contributed by atoms with van der Waals surface area (Å²) in [5, 5.41) is 7.73. The first-order valence-corrected chi connectivity index (χ1v) is 8.69. The molecule has 1 unspecified atom stereocenters. The quantitative estimate of drug-likeness (QED) is 0.822. The number of nitrogens with zero attached hydrogens (tertiary/aromatic N) is 2. The summed E-state index contributed by atoms with van der Waals surface area (Å²) in [7, 11) is -3.58. The first kappa shape index (κ1) is 15.2. The summed E-state index contributed by atoms with van der Waals surface area (Å²) in [6, 6.07) is 1.48. The molecule has 22 heavy (non-hydrogen) atoms. The molecule has 2 aromatic rings. The van der Waals surface area contributed by atoms with E-state index >= 15 is 0 Å². The summed E-state index contributed by atoms with van der Waals surface area (Å²) in [5.41, 5.74) is 0.477. The van der Waals surface area contributed by atoms with Gasteiger partial charge in [-0.25, -0.2) is 13.1 Å². The van der Waals surface area contributed by atoms with Crippen molar-refractivity contribution in [2.75, 3.05) is 13.2 Å². The third-order valence-corrected chi connectivity index (χ3v) is 4.89. The van der Waals surface area contributed by atoms with E-state index in [0.717, 1.165) is 12.8 Å². The summed E-state index contributed by atoms with van der Waals surface area (Å²) < 4.78 is 37.8. The Bertz CT molecular complexity index is 731. The molecule has 1 fully saturated rings. The van der Waals surface area contributed by atoms with Crippen molar-refractivity contribution in [3.05, 3.63) is 18.2 Å². The van der Waals surface area contributed by atoms with Gasteiger partial charge in [-0.2, -0.15) is 0 Å². The predicted octanol–water partition coefficient (Wildman–Crippen LogP) is 1.08. The molecule has 0 radical (unpaired) electrons. The number of hydrogen-bond acceptors (Lipinski definition) is 6. The van der Waals surface area contributed by atoms with Crippen molar-refractivity contribution in [1.29, 1.82) is 0 Å². The van der Waals surface area contributed by atoms with Crippen LogP contribution in [0.4, 0.5) is 0 Å². The minimum absolute atomic E-state index is 0.0451. The highest BCUT2D eigenvalue weighted by atomic mass is 32.2. The van der Waals surface area contributed by atoms with Gasteiger partial charge in [0.15, 0.2) is 0 Å². The molecule has 1 atom stereocenters. The molecule has 9 heteroatoms. The summed E-state index contributed by atoms with van der Waals surface area (Å²) in [6.45, 7) is 2.87. The van der Waals surface area contributed by atoms with Crippen molar-refractivity contribution in [3.8, 4) is 11.6 Å². The lowest BCUT2D eigenvalue weighted by molar-refractivity contribution is 0.114. The second kappa shape index (κ2) is 6.19. The molecule has 3 heterocycles. The van der Waals surface area contributed by atoms with Crippen LogP contribution in [-0.2, 0) is 21.2 Å². The Hall–Kier alpha value is -1.71. The van der Waals surface area contributed by atoms with Gasteiger partial charge in [0.25, 0.3) is 5.89 Å². The largest absolute Gasteiger partial charge is 0.419 e. The van der Waals surface area contributed by atoms with E-state index in [1.807, 2.05) is 6.92 Å². The van der Waals surface area contributed by atoms with Crippen LogP contribution in [0.1, 0.15) is 25.7 Å². The second-order valence-electron chi connectivity index (χ2n) is 5.09. The molecule has 0 amide bonds. The second-order valence-corrected chi connectivity index (χ2v) is 6.86. The first-order chi connectivity index (χ1) is 10.6. The van der Waals surface area contributed by atoms with Crippen LogP contribution in [0.5, 0.6) is 0 Å². The van der Waals surface area contributed by atoms with Gasteiger partial charge in [0.1, 0.15) is 10.6 Å². The lowest BCUT2D eigenvalue weighted by atomic mass is 10.2. The molecule has 3 rings (SSSR count). The van der Waals surface area contributed by atoms with Gasteiger partial charge in [-0.15, -0.1) is 10.2 Å². The lowest BCUT2D eigenvalue weighted by Gasteiger charge is -2.10. The Morgan fingerprint density at radius 1 is 1.45 bits per heavy atom. The highest BCUT2D eigenvalue weighted by molar-refractivity contribution is 7.89. The Labute approximate surface area is 128 Å². The Balaban J connectivity index is 1.71. The maximum absolute atomic E-state index is 12.2. The molecular formula is C13H18N4O4S. The number of nitrogens with one attached hydrogen (secondary N) is 2. The number of sulfonamides is 1. The fourth-order valence-corrected chi connectivity index (χ4v) is 3.31. The molecule has 0 aromatic carbocycles. The van der Waals surface area contributed by atoms with Crippen LogP contribution in [0.3, 0.4) is 0 Å². The van der Waals surface area contributed by atoms with Crippen molar-refractivity contribution < 1.29 is 17.6 Å². The van der Waals surface area contributed by atoms with Crippen molar-refractivity contribution in [2.24, 2.45) is 0 Å². The van der Waals surface area contributed by atoms with E-state index in [0.29, 0.717) is 24.6 Å². The maximum atomic E-state index is 12.2. The topological polar surface area (TPSA) is 110 Å². The third kappa shape index (κ3) is 3.21. The normalized spacial score (nSPS) is 18.9. The molecule has 2 N–H and O–H groups in total. The van der Waals surface area contributed by atoms with Crippen LogP contribution < -0.4 is 4.72 Å². The van der Waals surface area contributed by atoms with Crippen molar-refractivity contribution in [1.82, 2.24) is 19.9 Å². The molecule has 8 nitrogen and oxygen atoms in total. The Morgan fingerprint density at radius 2 is 2.32 bits per heavy atom. The summed E-state index contributed by atoms with van der Waals surface area (Å²) in [5.74, 6) is 0.781. The molecule has 2 aromatic heterocycles. The highest BCUT2D eigenvalue weighted by Gasteiger charge is 2.22. The summed E-state index contributed by atoms with van der Waals surface area (Å²) in [4.78, 5) is 2.98. The van der Waals surface area contributed by atoms with Gasteiger partial charge < -0.3 is 14.1 Å².